The van der Waals surface area contributed by atoms with Crippen LogP contribution in [0.3, 0.4) is 0 Å². The Balaban J connectivity index is 2.15. The summed E-state index contributed by atoms with van der Waals surface area (Å²) in [6.45, 7) is 0.660. The molecule has 0 spiro atoms. The van der Waals surface area contributed by atoms with E-state index in [0.717, 1.165) is 0 Å². The van der Waals surface area contributed by atoms with Gasteiger partial charge in [-0.15, -0.1) is 0 Å². The molecule has 2 N–H and O–H groups in total. The van der Waals surface area contributed by atoms with Gasteiger partial charge in [0.1, 0.15) is 6.17 Å². The molecule has 3 heteroatoms. The van der Waals surface area contributed by atoms with Crippen molar-refractivity contribution in [1.29, 1.82) is 0 Å². The summed E-state index contributed by atoms with van der Waals surface area (Å²) in [6.07, 6.45) is -1.17. The minimum atomic E-state index is -0.773. The Morgan fingerprint density at radius 3 is 2.50 bits per heavy atom. The van der Waals surface area contributed by atoms with E-state index in [1.807, 2.05) is 0 Å². The molecule has 1 saturated carbocycles. The third kappa shape index (κ3) is 0.317. The van der Waals surface area contributed by atoms with Gasteiger partial charge >= 0.3 is 0 Å². The largest absolute Gasteiger partial charge is 0.391 e. The summed E-state index contributed by atoms with van der Waals surface area (Å²) in [5.74, 6) is -0.0972. The van der Waals surface area contributed by atoms with E-state index < -0.39 is 12.3 Å². The van der Waals surface area contributed by atoms with Crippen LogP contribution < -0.4 is 5.32 Å². The number of hydrogen-bond donors (Lipinski definition) is 2. The summed E-state index contributed by atoms with van der Waals surface area (Å²) < 4.78 is 12.4. The van der Waals surface area contributed by atoms with Crippen LogP contribution in [0.5, 0.6) is 0 Å². The van der Waals surface area contributed by atoms with Crippen molar-refractivity contribution in [3.8, 4) is 0 Å². The van der Waals surface area contributed by atoms with Crippen LogP contribution in [-0.4, -0.2) is 30.0 Å². The van der Waals surface area contributed by atoms with Crippen LogP contribution in [0.15, 0.2) is 0 Å². The molecular weight excluding hydrogens is 109 g/mol. The van der Waals surface area contributed by atoms with Gasteiger partial charge in [0.15, 0.2) is 0 Å². The van der Waals surface area contributed by atoms with Gasteiger partial charge in [-0.1, -0.05) is 0 Å². The molecule has 3 fully saturated rings. The van der Waals surface area contributed by atoms with Crippen molar-refractivity contribution in [3.63, 3.8) is 0 Å². The Kier molecular flexibility index (Phi) is 0.718. The average molecular weight is 117 g/mol. The number of hydrogen-bond acceptors (Lipinski definition) is 2. The molecule has 0 aromatic heterocycles. The van der Waals surface area contributed by atoms with Gasteiger partial charge in [0.25, 0.3) is 0 Å². The Labute approximate surface area is 46.7 Å². The van der Waals surface area contributed by atoms with Crippen LogP contribution >= 0.6 is 0 Å². The van der Waals surface area contributed by atoms with Gasteiger partial charge in [0.05, 0.1) is 12.1 Å². The third-order valence-electron chi connectivity index (χ3n) is 2.15. The SMILES string of the molecule is O[C@H]1[C@@H]2CN[C@H]1[C@H]2F. The van der Waals surface area contributed by atoms with E-state index >= 15 is 0 Å². The average Bonchev–Trinajstić information content (AvgIpc) is 2.26. The number of nitrogens with one attached hydrogen (secondary N) is 1. The molecule has 2 saturated heterocycles. The first-order chi connectivity index (χ1) is 3.80. The van der Waals surface area contributed by atoms with Crippen LogP contribution in [0, 0.1) is 5.92 Å². The van der Waals surface area contributed by atoms with Gasteiger partial charge < -0.3 is 10.4 Å². The monoisotopic (exact) mass is 117 g/mol. The lowest BCUT2D eigenvalue weighted by molar-refractivity contribution is -0.0297. The van der Waals surface area contributed by atoms with Crippen molar-refractivity contribution in [3.05, 3.63) is 0 Å². The minimum absolute atomic E-state index is 0.0972. The predicted octanol–water partition coefficient (Wildman–Crippen LogP) is -0.713. The molecule has 3 aliphatic rings. The standard InChI is InChI=1S/C5H8FNO/c6-3-2-1-7-4(3)5(2)8/h2-5,7-8H,1H2/t2-,3+,4+,5+/m1/s1. The van der Waals surface area contributed by atoms with Gasteiger partial charge in [-0.3, -0.25) is 0 Å². The Morgan fingerprint density at radius 1 is 1.62 bits per heavy atom. The fraction of sp³-hybridized carbons (Fsp3) is 1.00. The summed E-state index contributed by atoms with van der Waals surface area (Å²) in [6, 6.07) is -0.236. The zero-order valence-electron chi connectivity index (χ0n) is 4.34. The van der Waals surface area contributed by atoms with Crippen molar-refractivity contribution < 1.29 is 9.50 Å². The Morgan fingerprint density at radius 2 is 2.38 bits per heavy atom. The summed E-state index contributed by atoms with van der Waals surface area (Å²) in [5.41, 5.74) is 0. The lowest BCUT2D eigenvalue weighted by Crippen LogP contribution is -2.53. The minimum Gasteiger partial charge on any atom is -0.391 e. The van der Waals surface area contributed by atoms with Crippen molar-refractivity contribution in [2.24, 2.45) is 5.92 Å². The second-order valence-electron chi connectivity index (χ2n) is 2.53. The molecule has 0 unspecified atom stereocenters. The van der Waals surface area contributed by atoms with E-state index in [0.29, 0.717) is 6.54 Å². The number of alkyl halides is 1. The number of halogens is 1. The second kappa shape index (κ2) is 1.22. The molecular formula is C5H8FNO. The molecule has 1 aliphatic carbocycles. The summed E-state index contributed by atoms with van der Waals surface area (Å²) in [7, 11) is 0. The number of aliphatic hydroxyl groups excluding tert-OH is 1. The predicted molar refractivity (Wildman–Crippen MR) is 26.2 cm³/mol. The molecule has 2 aliphatic heterocycles. The zero-order chi connectivity index (χ0) is 5.72. The molecule has 2 nitrogen and oxygen atoms in total. The van der Waals surface area contributed by atoms with Crippen molar-refractivity contribution in [2.75, 3.05) is 6.54 Å². The Hall–Kier alpha value is -0.150. The second-order valence-corrected chi connectivity index (χ2v) is 2.53. The van der Waals surface area contributed by atoms with E-state index in [1.54, 1.807) is 0 Å². The van der Waals surface area contributed by atoms with Gasteiger partial charge in [-0.2, -0.15) is 0 Å². The number of rotatable bonds is 0. The summed E-state index contributed by atoms with van der Waals surface area (Å²) >= 11 is 0. The van der Waals surface area contributed by atoms with Crippen molar-refractivity contribution in [1.82, 2.24) is 5.32 Å². The van der Waals surface area contributed by atoms with E-state index in [1.165, 1.54) is 0 Å². The molecule has 46 valence electrons. The topological polar surface area (TPSA) is 32.3 Å². The molecule has 2 heterocycles. The molecule has 8 heavy (non-hydrogen) atoms. The fourth-order valence-corrected chi connectivity index (χ4v) is 1.50. The maximum absolute atomic E-state index is 12.4. The first-order valence-corrected chi connectivity index (χ1v) is 2.86. The fourth-order valence-electron chi connectivity index (χ4n) is 1.50. The van der Waals surface area contributed by atoms with Crippen molar-refractivity contribution in [2.45, 2.75) is 18.3 Å². The van der Waals surface area contributed by atoms with Gasteiger partial charge in [0, 0.05) is 12.5 Å². The molecule has 0 radical (unpaired) electrons. The maximum Gasteiger partial charge on any atom is 0.124 e. The summed E-state index contributed by atoms with van der Waals surface area (Å²) in [5, 5.41) is 11.8. The van der Waals surface area contributed by atoms with Gasteiger partial charge in [-0.05, 0) is 0 Å². The molecule has 2 bridgehead atoms. The quantitative estimate of drug-likeness (QED) is 0.439. The van der Waals surface area contributed by atoms with Gasteiger partial charge in [-0.25, -0.2) is 4.39 Å². The number of fused-ring (bicyclic) bond motifs is 1. The van der Waals surface area contributed by atoms with Crippen LogP contribution in [0.1, 0.15) is 0 Å². The van der Waals surface area contributed by atoms with E-state index in [-0.39, 0.29) is 12.0 Å². The van der Waals surface area contributed by atoms with Crippen LogP contribution in [-0.2, 0) is 0 Å². The van der Waals surface area contributed by atoms with Crippen LogP contribution in [0.4, 0.5) is 4.39 Å². The highest BCUT2D eigenvalue weighted by Gasteiger charge is 2.55. The summed E-state index contributed by atoms with van der Waals surface area (Å²) in [4.78, 5) is 0. The highest BCUT2D eigenvalue weighted by Crippen LogP contribution is 2.36. The third-order valence-corrected chi connectivity index (χ3v) is 2.15. The number of aliphatic hydroxyl groups is 1. The molecule has 0 amide bonds. The lowest BCUT2D eigenvalue weighted by Gasteiger charge is -2.33. The molecule has 0 aromatic carbocycles. The highest BCUT2D eigenvalue weighted by molar-refractivity contribution is 5.10. The van der Waals surface area contributed by atoms with E-state index in [4.69, 9.17) is 5.11 Å². The molecule has 4 atom stereocenters. The molecule has 0 aromatic rings. The molecule has 3 rings (SSSR count). The normalized spacial score (nSPS) is 60.8. The lowest BCUT2D eigenvalue weighted by atomic mass is 9.81. The zero-order valence-corrected chi connectivity index (χ0v) is 4.34. The highest BCUT2D eigenvalue weighted by atomic mass is 19.1. The maximum atomic E-state index is 12.4. The first-order valence-electron chi connectivity index (χ1n) is 2.86. The van der Waals surface area contributed by atoms with E-state index in [9.17, 15) is 4.39 Å². The van der Waals surface area contributed by atoms with Crippen molar-refractivity contribution >= 4 is 0 Å². The van der Waals surface area contributed by atoms with Crippen LogP contribution in [0.25, 0.3) is 0 Å². The smallest absolute Gasteiger partial charge is 0.124 e. The Bertz CT molecular complexity index is 97.0. The van der Waals surface area contributed by atoms with Gasteiger partial charge in [0.2, 0.25) is 0 Å². The van der Waals surface area contributed by atoms with Crippen LogP contribution in [0.2, 0.25) is 0 Å². The van der Waals surface area contributed by atoms with E-state index in [2.05, 4.69) is 5.32 Å². The first kappa shape index (κ1) is 4.70.